The second kappa shape index (κ2) is 4.95. The van der Waals surface area contributed by atoms with Gasteiger partial charge in [0.2, 0.25) is 5.91 Å². The first-order chi connectivity index (χ1) is 8.22. The van der Waals surface area contributed by atoms with Gasteiger partial charge in [0.15, 0.2) is 0 Å². The normalized spacial score (nSPS) is 19.5. The molecule has 90 valence electrons. The number of carbonyl (C=O) groups is 2. The molecule has 1 saturated heterocycles. The summed E-state index contributed by atoms with van der Waals surface area (Å²) in [5.41, 5.74) is 0.775. The summed E-state index contributed by atoms with van der Waals surface area (Å²) in [6, 6.07) is 5.04. The summed E-state index contributed by atoms with van der Waals surface area (Å²) in [5, 5.41) is 0. The topological polar surface area (TPSA) is 59.5 Å². The molecule has 1 aliphatic heterocycles. The zero-order chi connectivity index (χ0) is 12.3. The molecular weight excluding hydrogens is 220 g/mol. The SMILES string of the molecule is COC(=O)C1CCC(=O)N1Cc1ccccn1. The molecule has 0 N–H and O–H groups in total. The fourth-order valence-corrected chi connectivity index (χ4v) is 1.98. The lowest BCUT2D eigenvalue weighted by atomic mass is 10.2. The maximum Gasteiger partial charge on any atom is 0.328 e. The molecule has 0 bridgehead atoms. The van der Waals surface area contributed by atoms with Crippen molar-refractivity contribution in [2.75, 3.05) is 7.11 Å². The third kappa shape index (κ3) is 2.43. The molecule has 0 aromatic carbocycles. The van der Waals surface area contributed by atoms with Crippen molar-refractivity contribution in [1.29, 1.82) is 0 Å². The molecule has 0 radical (unpaired) electrons. The van der Waals surface area contributed by atoms with Crippen molar-refractivity contribution in [3.8, 4) is 0 Å². The fraction of sp³-hybridized carbons (Fsp3) is 0.417. The van der Waals surface area contributed by atoms with Crippen LogP contribution in [0.3, 0.4) is 0 Å². The summed E-state index contributed by atoms with van der Waals surface area (Å²) < 4.78 is 4.70. The molecule has 5 heteroatoms. The monoisotopic (exact) mass is 234 g/mol. The van der Waals surface area contributed by atoms with Gasteiger partial charge in [-0.1, -0.05) is 6.07 Å². The smallest absolute Gasteiger partial charge is 0.328 e. The summed E-state index contributed by atoms with van der Waals surface area (Å²) in [7, 11) is 1.34. The lowest BCUT2D eigenvalue weighted by molar-refractivity contribution is -0.149. The van der Waals surface area contributed by atoms with Gasteiger partial charge in [-0.2, -0.15) is 0 Å². The van der Waals surface area contributed by atoms with E-state index in [1.807, 2.05) is 18.2 Å². The molecule has 2 heterocycles. The van der Waals surface area contributed by atoms with E-state index < -0.39 is 6.04 Å². The predicted octanol–water partition coefficient (Wildman–Crippen LogP) is 0.746. The van der Waals surface area contributed by atoms with Crippen molar-refractivity contribution < 1.29 is 14.3 Å². The number of ether oxygens (including phenoxy) is 1. The average Bonchev–Trinajstić information content (AvgIpc) is 2.72. The first kappa shape index (κ1) is 11.6. The van der Waals surface area contributed by atoms with Crippen LogP contribution in [0, 0.1) is 0 Å². The van der Waals surface area contributed by atoms with Gasteiger partial charge in [0.25, 0.3) is 0 Å². The Morgan fingerprint density at radius 2 is 2.41 bits per heavy atom. The van der Waals surface area contributed by atoms with Crippen LogP contribution in [0.15, 0.2) is 24.4 Å². The summed E-state index contributed by atoms with van der Waals surface area (Å²) in [6.07, 6.45) is 2.59. The highest BCUT2D eigenvalue weighted by atomic mass is 16.5. The minimum absolute atomic E-state index is 0.0222. The van der Waals surface area contributed by atoms with Crippen molar-refractivity contribution in [1.82, 2.24) is 9.88 Å². The molecule has 17 heavy (non-hydrogen) atoms. The number of rotatable bonds is 3. The predicted molar refractivity (Wildman–Crippen MR) is 59.8 cm³/mol. The molecule has 2 rings (SSSR count). The zero-order valence-electron chi connectivity index (χ0n) is 9.63. The number of hydrogen-bond donors (Lipinski definition) is 0. The highest BCUT2D eigenvalue weighted by Gasteiger charge is 2.36. The van der Waals surface area contributed by atoms with Crippen LogP contribution in [0.25, 0.3) is 0 Å². The van der Waals surface area contributed by atoms with Gasteiger partial charge >= 0.3 is 5.97 Å². The Balaban J connectivity index is 2.12. The van der Waals surface area contributed by atoms with Crippen molar-refractivity contribution in [2.45, 2.75) is 25.4 Å². The van der Waals surface area contributed by atoms with E-state index in [1.54, 1.807) is 6.20 Å². The second-order valence-corrected chi connectivity index (χ2v) is 3.92. The number of pyridine rings is 1. The molecule has 1 unspecified atom stereocenters. The second-order valence-electron chi connectivity index (χ2n) is 3.92. The van der Waals surface area contributed by atoms with Gasteiger partial charge in [0, 0.05) is 12.6 Å². The van der Waals surface area contributed by atoms with Gasteiger partial charge in [-0.25, -0.2) is 4.79 Å². The molecule has 1 atom stereocenters. The number of amides is 1. The van der Waals surface area contributed by atoms with Crippen molar-refractivity contribution >= 4 is 11.9 Å². The highest BCUT2D eigenvalue weighted by Crippen LogP contribution is 2.21. The average molecular weight is 234 g/mol. The quantitative estimate of drug-likeness (QED) is 0.724. The molecule has 0 saturated carbocycles. The summed E-state index contributed by atoms with van der Waals surface area (Å²) in [5.74, 6) is -0.377. The van der Waals surface area contributed by atoms with E-state index in [1.165, 1.54) is 12.0 Å². The molecule has 1 aromatic heterocycles. The highest BCUT2D eigenvalue weighted by molar-refractivity contribution is 5.88. The minimum atomic E-state index is -0.463. The van der Waals surface area contributed by atoms with E-state index in [0.29, 0.717) is 19.4 Å². The molecule has 1 fully saturated rings. The summed E-state index contributed by atoms with van der Waals surface area (Å²) in [6.45, 7) is 0.361. The van der Waals surface area contributed by atoms with Gasteiger partial charge in [-0.05, 0) is 18.6 Å². The zero-order valence-corrected chi connectivity index (χ0v) is 9.63. The van der Waals surface area contributed by atoms with Crippen LogP contribution in [0.1, 0.15) is 18.5 Å². The van der Waals surface area contributed by atoms with E-state index in [4.69, 9.17) is 4.74 Å². The Hall–Kier alpha value is -1.91. The fourth-order valence-electron chi connectivity index (χ4n) is 1.98. The van der Waals surface area contributed by atoms with Crippen LogP contribution in [-0.2, 0) is 20.9 Å². The number of esters is 1. The lowest BCUT2D eigenvalue weighted by Crippen LogP contribution is -2.38. The van der Waals surface area contributed by atoms with Crippen LogP contribution in [0.5, 0.6) is 0 Å². The van der Waals surface area contributed by atoms with Crippen molar-refractivity contribution in [3.63, 3.8) is 0 Å². The lowest BCUT2D eigenvalue weighted by Gasteiger charge is -2.22. The van der Waals surface area contributed by atoms with Crippen LogP contribution in [0.4, 0.5) is 0 Å². The molecule has 1 amide bonds. The molecule has 5 nitrogen and oxygen atoms in total. The molecular formula is C12H14N2O3. The largest absolute Gasteiger partial charge is 0.467 e. The number of nitrogens with zero attached hydrogens (tertiary/aromatic N) is 2. The Kier molecular flexibility index (Phi) is 3.37. The van der Waals surface area contributed by atoms with Crippen molar-refractivity contribution in [2.24, 2.45) is 0 Å². The van der Waals surface area contributed by atoms with Crippen LogP contribution in [-0.4, -0.2) is 34.9 Å². The third-order valence-corrected chi connectivity index (χ3v) is 2.86. The Labute approximate surface area is 99.4 Å². The molecule has 0 aliphatic carbocycles. The summed E-state index contributed by atoms with van der Waals surface area (Å²) in [4.78, 5) is 28.9. The van der Waals surface area contributed by atoms with Gasteiger partial charge in [-0.3, -0.25) is 9.78 Å². The van der Waals surface area contributed by atoms with Crippen LogP contribution >= 0.6 is 0 Å². The third-order valence-electron chi connectivity index (χ3n) is 2.86. The van der Waals surface area contributed by atoms with E-state index >= 15 is 0 Å². The van der Waals surface area contributed by atoms with E-state index in [9.17, 15) is 9.59 Å². The molecule has 0 spiro atoms. The van der Waals surface area contributed by atoms with Gasteiger partial charge in [0.1, 0.15) is 6.04 Å². The van der Waals surface area contributed by atoms with Gasteiger partial charge < -0.3 is 9.64 Å². The van der Waals surface area contributed by atoms with Gasteiger partial charge in [0.05, 0.1) is 19.3 Å². The maximum absolute atomic E-state index is 11.7. The van der Waals surface area contributed by atoms with Gasteiger partial charge in [-0.15, -0.1) is 0 Å². The standard InChI is InChI=1S/C12H14N2O3/c1-17-12(16)10-5-6-11(15)14(10)8-9-4-2-3-7-13-9/h2-4,7,10H,5-6,8H2,1H3. The van der Waals surface area contributed by atoms with E-state index in [0.717, 1.165) is 5.69 Å². The van der Waals surface area contributed by atoms with Crippen LogP contribution < -0.4 is 0 Å². The summed E-state index contributed by atoms with van der Waals surface area (Å²) >= 11 is 0. The first-order valence-electron chi connectivity index (χ1n) is 5.49. The number of hydrogen-bond acceptors (Lipinski definition) is 4. The number of likely N-dealkylation sites (tertiary alicyclic amines) is 1. The maximum atomic E-state index is 11.7. The minimum Gasteiger partial charge on any atom is -0.467 e. The Bertz CT molecular complexity index is 419. The first-order valence-corrected chi connectivity index (χ1v) is 5.49. The number of aromatic nitrogens is 1. The Morgan fingerprint density at radius 3 is 3.06 bits per heavy atom. The Morgan fingerprint density at radius 1 is 1.59 bits per heavy atom. The van der Waals surface area contributed by atoms with Crippen molar-refractivity contribution in [3.05, 3.63) is 30.1 Å². The molecule has 1 aromatic rings. The number of methoxy groups -OCH3 is 1. The van der Waals surface area contributed by atoms with E-state index in [-0.39, 0.29) is 11.9 Å². The molecule has 1 aliphatic rings. The van der Waals surface area contributed by atoms with E-state index in [2.05, 4.69) is 4.98 Å². The number of carbonyl (C=O) groups excluding carboxylic acids is 2. The van der Waals surface area contributed by atoms with Crippen LogP contribution in [0.2, 0.25) is 0 Å².